The molecular weight excluding hydrogens is 212 g/mol. The number of nitrogens with one attached hydrogen (secondary N) is 1. The van der Waals surface area contributed by atoms with E-state index in [9.17, 15) is 4.79 Å². The Kier molecular flexibility index (Phi) is 4.74. The molecule has 0 radical (unpaired) electrons. The fourth-order valence-corrected chi connectivity index (χ4v) is 1.45. The Bertz CT molecular complexity index is 481. The molecule has 1 amide bonds. The van der Waals surface area contributed by atoms with E-state index in [2.05, 4.69) is 43.1 Å². The topological polar surface area (TPSA) is 55.1 Å². The number of carbonyl (C=O) groups excluding carboxylic acids is 1. The lowest BCUT2D eigenvalue weighted by atomic mass is 10.0. The summed E-state index contributed by atoms with van der Waals surface area (Å²) in [6.45, 7) is 6.53. The van der Waals surface area contributed by atoms with Gasteiger partial charge in [0.05, 0.1) is 13.1 Å². The van der Waals surface area contributed by atoms with Crippen molar-refractivity contribution in [2.45, 2.75) is 20.8 Å². The Hall–Kier alpha value is -1.79. The van der Waals surface area contributed by atoms with Crippen LogP contribution >= 0.6 is 0 Å². The Labute approximate surface area is 102 Å². The summed E-state index contributed by atoms with van der Waals surface area (Å²) in [6, 6.07) is 4.19. The number of rotatable bonds is 2. The Morgan fingerprint density at radius 2 is 1.88 bits per heavy atom. The van der Waals surface area contributed by atoms with Gasteiger partial charge in [-0.25, -0.2) is 0 Å². The molecule has 1 aromatic carbocycles. The van der Waals surface area contributed by atoms with E-state index in [1.165, 1.54) is 11.1 Å². The quantitative estimate of drug-likeness (QED) is 0.746. The minimum atomic E-state index is -0.184. The van der Waals surface area contributed by atoms with Crippen molar-refractivity contribution in [2.75, 3.05) is 13.1 Å². The number of benzene rings is 1. The van der Waals surface area contributed by atoms with E-state index < -0.39 is 0 Å². The lowest BCUT2D eigenvalue weighted by Crippen LogP contribution is -2.30. The third-order valence-electron chi connectivity index (χ3n) is 2.62. The summed E-state index contributed by atoms with van der Waals surface area (Å²) in [5.74, 6) is 5.79. The van der Waals surface area contributed by atoms with E-state index in [4.69, 9.17) is 5.73 Å². The molecule has 3 N–H and O–H groups in total. The average Bonchev–Trinajstić information content (AvgIpc) is 2.30. The maximum Gasteiger partial charge on any atom is 0.234 e. The van der Waals surface area contributed by atoms with Gasteiger partial charge in [-0.2, -0.15) is 0 Å². The second kappa shape index (κ2) is 6.07. The van der Waals surface area contributed by atoms with Gasteiger partial charge in [0.25, 0.3) is 0 Å². The lowest BCUT2D eigenvalue weighted by Gasteiger charge is -2.04. The van der Waals surface area contributed by atoms with Gasteiger partial charge < -0.3 is 11.1 Å². The summed E-state index contributed by atoms with van der Waals surface area (Å²) in [6.07, 6.45) is 0. The van der Waals surface area contributed by atoms with Crippen molar-refractivity contribution in [3.63, 3.8) is 0 Å². The normalized spacial score (nSPS) is 9.41. The summed E-state index contributed by atoms with van der Waals surface area (Å²) >= 11 is 0. The van der Waals surface area contributed by atoms with Crippen LogP contribution in [0.4, 0.5) is 0 Å². The highest BCUT2D eigenvalue weighted by atomic mass is 16.1. The number of aryl methyl sites for hydroxylation is 3. The zero-order valence-electron chi connectivity index (χ0n) is 10.6. The highest BCUT2D eigenvalue weighted by Crippen LogP contribution is 2.13. The largest absolute Gasteiger partial charge is 0.344 e. The van der Waals surface area contributed by atoms with Crippen molar-refractivity contribution >= 4 is 5.91 Å². The minimum absolute atomic E-state index is 0.00431. The standard InChI is InChI=1S/C14H18N2O/c1-10-7-12(3)13(8-11(10)2)5-4-6-16-14(17)9-15/h7-8H,6,9,15H2,1-3H3,(H,16,17). The average molecular weight is 230 g/mol. The second-order valence-electron chi connectivity index (χ2n) is 4.03. The summed E-state index contributed by atoms with van der Waals surface area (Å²) < 4.78 is 0. The smallest absolute Gasteiger partial charge is 0.234 e. The van der Waals surface area contributed by atoms with E-state index in [0.29, 0.717) is 6.54 Å². The number of nitrogens with two attached hydrogens (primary N) is 1. The number of hydrogen-bond donors (Lipinski definition) is 2. The number of amides is 1. The molecule has 90 valence electrons. The van der Waals surface area contributed by atoms with Gasteiger partial charge in [-0.15, -0.1) is 0 Å². The molecule has 0 saturated carbocycles. The highest BCUT2D eigenvalue weighted by Gasteiger charge is 1.98. The van der Waals surface area contributed by atoms with Gasteiger partial charge >= 0.3 is 0 Å². The maximum atomic E-state index is 10.9. The highest BCUT2D eigenvalue weighted by molar-refractivity contribution is 5.77. The second-order valence-corrected chi connectivity index (χ2v) is 4.03. The van der Waals surface area contributed by atoms with Crippen LogP contribution in [-0.2, 0) is 4.79 Å². The van der Waals surface area contributed by atoms with Crippen LogP contribution < -0.4 is 11.1 Å². The number of hydrogen-bond acceptors (Lipinski definition) is 2. The minimum Gasteiger partial charge on any atom is -0.344 e. The molecule has 0 unspecified atom stereocenters. The van der Waals surface area contributed by atoms with Crippen molar-refractivity contribution < 1.29 is 4.79 Å². The first kappa shape index (κ1) is 13.3. The van der Waals surface area contributed by atoms with Gasteiger partial charge in [0.2, 0.25) is 5.91 Å². The van der Waals surface area contributed by atoms with Crippen LogP contribution in [0.25, 0.3) is 0 Å². The van der Waals surface area contributed by atoms with Gasteiger partial charge in [-0.1, -0.05) is 17.9 Å². The molecule has 0 fully saturated rings. The molecule has 17 heavy (non-hydrogen) atoms. The molecule has 0 heterocycles. The van der Waals surface area contributed by atoms with Crippen LogP contribution in [0.15, 0.2) is 12.1 Å². The predicted molar refractivity (Wildman–Crippen MR) is 69.6 cm³/mol. The Morgan fingerprint density at radius 1 is 1.24 bits per heavy atom. The first-order valence-corrected chi connectivity index (χ1v) is 5.58. The summed E-state index contributed by atoms with van der Waals surface area (Å²) in [5, 5.41) is 2.61. The van der Waals surface area contributed by atoms with Crippen LogP contribution in [-0.4, -0.2) is 19.0 Å². The van der Waals surface area contributed by atoms with Crippen LogP contribution in [0.5, 0.6) is 0 Å². The molecule has 0 aliphatic rings. The van der Waals surface area contributed by atoms with Crippen molar-refractivity contribution in [1.82, 2.24) is 5.32 Å². The Balaban J connectivity index is 2.72. The van der Waals surface area contributed by atoms with Crippen molar-refractivity contribution in [3.05, 3.63) is 34.4 Å². The van der Waals surface area contributed by atoms with Gasteiger partial charge in [0, 0.05) is 5.56 Å². The van der Waals surface area contributed by atoms with Crippen molar-refractivity contribution in [1.29, 1.82) is 0 Å². The van der Waals surface area contributed by atoms with E-state index in [1.807, 2.05) is 6.92 Å². The molecule has 3 heteroatoms. The Morgan fingerprint density at radius 3 is 2.53 bits per heavy atom. The zero-order valence-corrected chi connectivity index (χ0v) is 10.6. The van der Waals surface area contributed by atoms with Gasteiger partial charge in [0.15, 0.2) is 0 Å². The van der Waals surface area contributed by atoms with Gasteiger partial charge in [-0.05, 0) is 43.5 Å². The van der Waals surface area contributed by atoms with E-state index in [-0.39, 0.29) is 12.5 Å². The molecule has 0 aliphatic carbocycles. The molecule has 0 aromatic heterocycles. The van der Waals surface area contributed by atoms with Gasteiger partial charge in [0.1, 0.15) is 0 Å². The zero-order chi connectivity index (χ0) is 12.8. The molecule has 0 aliphatic heterocycles. The molecule has 3 nitrogen and oxygen atoms in total. The third-order valence-corrected chi connectivity index (χ3v) is 2.62. The SMILES string of the molecule is Cc1cc(C)c(C#CCNC(=O)CN)cc1C. The summed E-state index contributed by atoms with van der Waals surface area (Å²) in [4.78, 5) is 10.9. The molecule has 1 aromatic rings. The maximum absolute atomic E-state index is 10.9. The van der Waals surface area contributed by atoms with E-state index in [0.717, 1.165) is 11.1 Å². The van der Waals surface area contributed by atoms with Crippen LogP contribution in [0.2, 0.25) is 0 Å². The molecule has 1 rings (SSSR count). The molecule has 0 saturated heterocycles. The molecule has 0 spiro atoms. The first-order chi connectivity index (χ1) is 8.04. The third kappa shape index (κ3) is 3.93. The molecule has 0 atom stereocenters. The fourth-order valence-electron chi connectivity index (χ4n) is 1.45. The van der Waals surface area contributed by atoms with Gasteiger partial charge in [-0.3, -0.25) is 4.79 Å². The van der Waals surface area contributed by atoms with Crippen molar-refractivity contribution in [2.24, 2.45) is 5.73 Å². The van der Waals surface area contributed by atoms with Crippen LogP contribution in [0.1, 0.15) is 22.3 Å². The first-order valence-electron chi connectivity index (χ1n) is 5.58. The van der Waals surface area contributed by atoms with E-state index >= 15 is 0 Å². The predicted octanol–water partition coefficient (Wildman–Crippen LogP) is 1.04. The fraction of sp³-hybridized carbons (Fsp3) is 0.357. The molecule has 0 bridgehead atoms. The van der Waals surface area contributed by atoms with Crippen molar-refractivity contribution in [3.8, 4) is 11.8 Å². The monoisotopic (exact) mass is 230 g/mol. The summed E-state index contributed by atoms with van der Waals surface area (Å²) in [5.41, 5.74) is 9.83. The van der Waals surface area contributed by atoms with E-state index in [1.54, 1.807) is 0 Å². The van der Waals surface area contributed by atoms with Crippen LogP contribution in [0.3, 0.4) is 0 Å². The van der Waals surface area contributed by atoms with Crippen LogP contribution in [0, 0.1) is 32.6 Å². The number of carbonyl (C=O) groups is 1. The molecular formula is C14H18N2O. The summed E-state index contributed by atoms with van der Waals surface area (Å²) in [7, 11) is 0. The lowest BCUT2D eigenvalue weighted by molar-refractivity contribution is -0.119.